The van der Waals surface area contributed by atoms with Gasteiger partial charge in [0.1, 0.15) is 11.9 Å². The van der Waals surface area contributed by atoms with E-state index in [1.165, 1.54) is 12.1 Å². The first-order valence-corrected chi connectivity index (χ1v) is 7.04. The van der Waals surface area contributed by atoms with E-state index in [9.17, 15) is 9.18 Å². The number of para-hydroxylation sites is 2. The molecule has 2 unspecified atom stereocenters. The fourth-order valence-electron chi connectivity index (χ4n) is 2.34. The van der Waals surface area contributed by atoms with E-state index in [1.807, 2.05) is 12.1 Å². The number of ether oxygens (including phenoxy) is 2. The molecule has 0 aliphatic carbocycles. The van der Waals surface area contributed by atoms with Crippen molar-refractivity contribution in [2.75, 3.05) is 5.32 Å². The Morgan fingerprint density at radius 1 is 1.14 bits per heavy atom. The van der Waals surface area contributed by atoms with Crippen LogP contribution in [0.3, 0.4) is 0 Å². The molecule has 4 nitrogen and oxygen atoms in total. The molecule has 3 rings (SSSR count). The van der Waals surface area contributed by atoms with Crippen molar-refractivity contribution in [1.29, 1.82) is 0 Å². The van der Waals surface area contributed by atoms with E-state index in [-0.39, 0.29) is 5.91 Å². The quantitative estimate of drug-likeness (QED) is 0.926. The third-order valence-electron chi connectivity index (χ3n) is 3.56. The third-order valence-corrected chi connectivity index (χ3v) is 3.56. The van der Waals surface area contributed by atoms with E-state index in [4.69, 9.17) is 9.47 Å². The first kappa shape index (κ1) is 14.4. The van der Waals surface area contributed by atoms with Crippen molar-refractivity contribution in [2.24, 2.45) is 0 Å². The Labute approximate surface area is 127 Å². The molecule has 114 valence electrons. The molecule has 1 N–H and O–H groups in total. The maximum Gasteiger partial charge on any atom is 0.269 e. The van der Waals surface area contributed by atoms with Crippen molar-refractivity contribution in [2.45, 2.75) is 26.1 Å². The highest BCUT2D eigenvalue weighted by Gasteiger charge is 2.34. The van der Waals surface area contributed by atoms with Gasteiger partial charge >= 0.3 is 0 Å². The minimum absolute atomic E-state index is 0.365. The van der Waals surface area contributed by atoms with Gasteiger partial charge < -0.3 is 14.8 Å². The second-order valence-electron chi connectivity index (χ2n) is 5.26. The summed E-state index contributed by atoms with van der Waals surface area (Å²) in [7, 11) is 0. The van der Waals surface area contributed by atoms with E-state index in [2.05, 4.69) is 5.32 Å². The Morgan fingerprint density at radius 2 is 1.82 bits per heavy atom. The fourth-order valence-corrected chi connectivity index (χ4v) is 2.34. The van der Waals surface area contributed by atoms with E-state index in [1.54, 1.807) is 32.0 Å². The minimum atomic E-state index is -0.794. The molecule has 22 heavy (non-hydrogen) atoms. The Kier molecular flexibility index (Phi) is 3.71. The Bertz CT molecular complexity index is 717. The van der Waals surface area contributed by atoms with Gasteiger partial charge in [-0.25, -0.2) is 4.39 Å². The zero-order valence-electron chi connectivity index (χ0n) is 12.3. The molecule has 1 aliphatic rings. The minimum Gasteiger partial charge on any atom is -0.482 e. The number of carbonyl (C=O) groups is 1. The normalized spacial score (nSPS) is 19.6. The van der Waals surface area contributed by atoms with Crippen LogP contribution in [0.15, 0.2) is 42.5 Å². The summed E-state index contributed by atoms with van der Waals surface area (Å²) in [6.45, 7) is 3.56. The molecule has 0 radical (unpaired) electrons. The largest absolute Gasteiger partial charge is 0.482 e. The summed E-state index contributed by atoms with van der Waals surface area (Å²) < 4.78 is 24.7. The Balaban J connectivity index is 1.79. The smallest absolute Gasteiger partial charge is 0.269 e. The number of aryl methyl sites for hydroxylation is 1. The molecule has 0 fully saturated rings. The highest BCUT2D eigenvalue weighted by molar-refractivity contribution is 5.95. The second kappa shape index (κ2) is 5.67. The van der Waals surface area contributed by atoms with Gasteiger partial charge in [0, 0.05) is 5.69 Å². The van der Waals surface area contributed by atoms with Crippen LogP contribution in [-0.2, 0) is 4.79 Å². The van der Waals surface area contributed by atoms with Gasteiger partial charge in [-0.2, -0.15) is 0 Å². The number of anilines is 1. The SMILES string of the molecule is Cc1ccc(F)cc1NC(=O)C1Oc2ccccc2OC1C. The van der Waals surface area contributed by atoms with Crippen LogP contribution >= 0.6 is 0 Å². The maximum atomic E-state index is 13.3. The number of halogens is 1. The summed E-state index contributed by atoms with van der Waals surface area (Å²) in [5.74, 6) is 0.369. The van der Waals surface area contributed by atoms with Crippen molar-refractivity contribution in [3.05, 3.63) is 53.8 Å². The second-order valence-corrected chi connectivity index (χ2v) is 5.26. The number of nitrogens with one attached hydrogen (secondary N) is 1. The molecule has 2 atom stereocenters. The molecule has 1 amide bonds. The summed E-state index contributed by atoms with van der Waals surface area (Å²) in [4.78, 5) is 12.4. The zero-order chi connectivity index (χ0) is 15.7. The average molecular weight is 301 g/mol. The van der Waals surface area contributed by atoms with Crippen LogP contribution in [0.1, 0.15) is 12.5 Å². The molecule has 0 bridgehead atoms. The standard InChI is InChI=1S/C17H16FNO3/c1-10-7-8-12(18)9-13(10)19-17(20)16-11(2)21-14-5-3-4-6-15(14)22-16/h3-9,11,16H,1-2H3,(H,19,20). The Morgan fingerprint density at radius 3 is 2.55 bits per heavy atom. The summed E-state index contributed by atoms with van der Waals surface area (Å²) >= 11 is 0. The van der Waals surface area contributed by atoms with E-state index < -0.39 is 18.0 Å². The van der Waals surface area contributed by atoms with Crippen LogP contribution in [-0.4, -0.2) is 18.1 Å². The van der Waals surface area contributed by atoms with Gasteiger partial charge in [0.05, 0.1) is 0 Å². The van der Waals surface area contributed by atoms with Crippen molar-refractivity contribution >= 4 is 11.6 Å². The van der Waals surface area contributed by atoms with Crippen LogP contribution < -0.4 is 14.8 Å². The topological polar surface area (TPSA) is 47.6 Å². The predicted octanol–water partition coefficient (Wildman–Crippen LogP) is 3.30. The number of hydrogen-bond acceptors (Lipinski definition) is 3. The molecule has 0 spiro atoms. The van der Waals surface area contributed by atoms with Gasteiger partial charge in [0.15, 0.2) is 11.5 Å². The van der Waals surface area contributed by atoms with Gasteiger partial charge in [-0.3, -0.25) is 4.79 Å². The monoisotopic (exact) mass is 301 g/mol. The summed E-state index contributed by atoms with van der Waals surface area (Å²) in [5.41, 5.74) is 1.21. The van der Waals surface area contributed by atoms with Gasteiger partial charge in [-0.1, -0.05) is 18.2 Å². The van der Waals surface area contributed by atoms with Crippen LogP contribution in [0, 0.1) is 12.7 Å². The number of rotatable bonds is 2. The number of fused-ring (bicyclic) bond motifs is 1. The molecule has 2 aromatic carbocycles. The Hall–Kier alpha value is -2.56. The highest BCUT2D eigenvalue weighted by Crippen LogP contribution is 2.33. The first-order valence-electron chi connectivity index (χ1n) is 7.04. The van der Waals surface area contributed by atoms with E-state index in [0.717, 1.165) is 5.56 Å². The number of hydrogen-bond donors (Lipinski definition) is 1. The van der Waals surface area contributed by atoms with Crippen LogP contribution in [0.25, 0.3) is 0 Å². The lowest BCUT2D eigenvalue weighted by atomic mass is 10.1. The average Bonchev–Trinajstić information content (AvgIpc) is 2.50. The van der Waals surface area contributed by atoms with Crippen molar-refractivity contribution in [1.82, 2.24) is 0 Å². The van der Waals surface area contributed by atoms with Crippen LogP contribution in [0.4, 0.5) is 10.1 Å². The molecule has 0 saturated heterocycles. The molecular formula is C17H16FNO3. The first-order chi connectivity index (χ1) is 10.5. The molecule has 0 saturated carbocycles. The number of amides is 1. The lowest BCUT2D eigenvalue weighted by Crippen LogP contribution is -2.46. The summed E-state index contributed by atoms with van der Waals surface area (Å²) in [6, 6.07) is 11.4. The molecule has 2 aromatic rings. The van der Waals surface area contributed by atoms with Gasteiger partial charge in [-0.05, 0) is 43.7 Å². The maximum absolute atomic E-state index is 13.3. The highest BCUT2D eigenvalue weighted by atomic mass is 19.1. The van der Waals surface area contributed by atoms with Gasteiger partial charge in [0.2, 0.25) is 6.10 Å². The summed E-state index contributed by atoms with van der Waals surface area (Å²) in [6.07, 6.45) is -1.23. The molecule has 5 heteroatoms. The van der Waals surface area contributed by atoms with Crippen molar-refractivity contribution in [3.63, 3.8) is 0 Å². The number of benzene rings is 2. The molecule has 0 aromatic heterocycles. The van der Waals surface area contributed by atoms with E-state index >= 15 is 0 Å². The van der Waals surface area contributed by atoms with Gasteiger partial charge in [0.25, 0.3) is 5.91 Å². The van der Waals surface area contributed by atoms with Crippen molar-refractivity contribution in [3.8, 4) is 11.5 Å². The van der Waals surface area contributed by atoms with Crippen LogP contribution in [0.2, 0.25) is 0 Å². The van der Waals surface area contributed by atoms with Crippen LogP contribution in [0.5, 0.6) is 11.5 Å². The summed E-state index contributed by atoms with van der Waals surface area (Å²) in [5, 5.41) is 2.70. The number of carbonyl (C=O) groups excluding carboxylic acids is 1. The lowest BCUT2D eigenvalue weighted by Gasteiger charge is -2.31. The lowest BCUT2D eigenvalue weighted by molar-refractivity contribution is -0.128. The third kappa shape index (κ3) is 2.74. The predicted molar refractivity (Wildman–Crippen MR) is 80.7 cm³/mol. The van der Waals surface area contributed by atoms with Gasteiger partial charge in [-0.15, -0.1) is 0 Å². The zero-order valence-corrected chi connectivity index (χ0v) is 12.3. The fraction of sp³-hybridized carbons (Fsp3) is 0.235. The molecule has 1 aliphatic heterocycles. The molecular weight excluding hydrogens is 285 g/mol. The van der Waals surface area contributed by atoms with E-state index in [0.29, 0.717) is 17.2 Å². The molecule has 1 heterocycles. The van der Waals surface area contributed by atoms with Crippen molar-refractivity contribution < 1.29 is 18.7 Å².